The molecule has 0 aliphatic heterocycles. The molecule has 2 aromatic rings. The normalized spacial score (nSPS) is 15.1. The first-order valence-electron chi connectivity index (χ1n) is 6.44. The molecule has 0 bridgehead atoms. The molecule has 1 aliphatic rings. The summed E-state index contributed by atoms with van der Waals surface area (Å²) < 4.78 is 0. The maximum Gasteiger partial charge on any atom is 0.189 e. The van der Waals surface area contributed by atoms with Gasteiger partial charge in [-0.15, -0.1) is 0 Å². The molecule has 0 N–H and O–H groups in total. The van der Waals surface area contributed by atoms with Crippen LogP contribution in [0.1, 0.15) is 17.5 Å². The Bertz CT molecular complexity index is 709. The lowest BCUT2D eigenvalue weighted by atomic mass is 9.97. The zero-order valence-electron chi connectivity index (χ0n) is 10.9. The average molecular weight is 281 g/mol. The van der Waals surface area contributed by atoms with Gasteiger partial charge in [-0.25, -0.2) is 0 Å². The van der Waals surface area contributed by atoms with Gasteiger partial charge in [0.05, 0.1) is 0 Å². The number of ketones is 1. The summed E-state index contributed by atoms with van der Waals surface area (Å²) in [5.74, 6) is 0.0427. The SMILES string of the molecule is C=C1CC(c2ccc(Cl)cc2)=C(c2ccccc2)C1=O. The predicted molar refractivity (Wildman–Crippen MR) is 83.5 cm³/mol. The summed E-state index contributed by atoms with van der Waals surface area (Å²) in [5.41, 5.74) is 4.41. The van der Waals surface area contributed by atoms with Crippen molar-refractivity contribution in [2.45, 2.75) is 6.42 Å². The van der Waals surface area contributed by atoms with E-state index < -0.39 is 0 Å². The van der Waals surface area contributed by atoms with Crippen molar-refractivity contribution >= 4 is 28.5 Å². The fourth-order valence-electron chi connectivity index (χ4n) is 2.50. The molecule has 0 unspecified atom stereocenters. The van der Waals surface area contributed by atoms with E-state index in [4.69, 9.17) is 11.6 Å². The van der Waals surface area contributed by atoms with Crippen LogP contribution in [0.25, 0.3) is 11.1 Å². The van der Waals surface area contributed by atoms with E-state index in [0.717, 1.165) is 22.3 Å². The standard InChI is InChI=1S/C18H13ClO/c1-12-11-16(13-7-9-15(19)10-8-13)17(18(12)20)14-5-3-2-4-6-14/h2-10H,1,11H2. The predicted octanol–water partition coefficient (Wildman–Crippen LogP) is 4.78. The summed E-state index contributed by atoms with van der Waals surface area (Å²) in [5, 5.41) is 0.693. The second kappa shape index (κ2) is 5.10. The number of carbonyl (C=O) groups is 1. The monoisotopic (exact) mass is 280 g/mol. The Kier molecular flexibility index (Phi) is 3.29. The van der Waals surface area contributed by atoms with E-state index in [1.54, 1.807) is 0 Å². The van der Waals surface area contributed by atoms with Crippen LogP contribution >= 0.6 is 11.6 Å². The van der Waals surface area contributed by atoms with Gasteiger partial charge in [0.2, 0.25) is 0 Å². The molecule has 2 heteroatoms. The summed E-state index contributed by atoms with van der Waals surface area (Å²) in [6.45, 7) is 3.89. The number of benzene rings is 2. The van der Waals surface area contributed by atoms with Gasteiger partial charge >= 0.3 is 0 Å². The molecule has 20 heavy (non-hydrogen) atoms. The second-order valence-electron chi connectivity index (χ2n) is 4.84. The third kappa shape index (κ3) is 2.21. The third-order valence-corrected chi connectivity index (χ3v) is 3.75. The van der Waals surface area contributed by atoms with Crippen LogP contribution in [-0.2, 0) is 4.79 Å². The van der Waals surface area contributed by atoms with Crippen LogP contribution in [0.2, 0.25) is 5.02 Å². The fraction of sp³-hybridized carbons (Fsp3) is 0.0556. The first kappa shape index (κ1) is 12.9. The van der Waals surface area contributed by atoms with Gasteiger partial charge in [0, 0.05) is 17.0 Å². The molecular formula is C18H13ClO. The highest BCUT2D eigenvalue weighted by molar-refractivity contribution is 6.38. The molecule has 0 spiro atoms. The number of allylic oxidation sites excluding steroid dienone is 3. The van der Waals surface area contributed by atoms with Crippen molar-refractivity contribution in [1.29, 1.82) is 0 Å². The van der Waals surface area contributed by atoms with Crippen molar-refractivity contribution in [3.63, 3.8) is 0 Å². The van der Waals surface area contributed by atoms with E-state index in [2.05, 4.69) is 6.58 Å². The largest absolute Gasteiger partial charge is 0.289 e. The Morgan fingerprint density at radius 1 is 0.900 bits per heavy atom. The van der Waals surface area contributed by atoms with E-state index in [1.165, 1.54) is 0 Å². The maximum absolute atomic E-state index is 12.4. The number of carbonyl (C=O) groups excluding carboxylic acids is 1. The van der Waals surface area contributed by atoms with Gasteiger partial charge < -0.3 is 0 Å². The van der Waals surface area contributed by atoms with Crippen LogP contribution in [-0.4, -0.2) is 5.78 Å². The molecular weight excluding hydrogens is 268 g/mol. The molecule has 0 saturated carbocycles. The fourth-order valence-corrected chi connectivity index (χ4v) is 2.63. The van der Waals surface area contributed by atoms with Gasteiger partial charge in [0.25, 0.3) is 0 Å². The van der Waals surface area contributed by atoms with Crippen molar-refractivity contribution in [2.24, 2.45) is 0 Å². The highest BCUT2D eigenvalue weighted by Crippen LogP contribution is 2.39. The Morgan fingerprint density at radius 2 is 1.55 bits per heavy atom. The van der Waals surface area contributed by atoms with Crippen LogP contribution in [0.3, 0.4) is 0 Å². The first-order chi connectivity index (χ1) is 9.66. The zero-order chi connectivity index (χ0) is 14.1. The lowest BCUT2D eigenvalue weighted by Gasteiger charge is -2.07. The molecule has 0 amide bonds. The minimum atomic E-state index is 0.0427. The number of Topliss-reactive ketones (excluding diaryl/α,β-unsaturated/α-hetero) is 1. The van der Waals surface area contributed by atoms with Crippen molar-refractivity contribution < 1.29 is 4.79 Å². The molecule has 0 heterocycles. The molecule has 0 aromatic heterocycles. The summed E-state index contributed by atoms with van der Waals surface area (Å²) in [4.78, 5) is 12.4. The zero-order valence-corrected chi connectivity index (χ0v) is 11.7. The van der Waals surface area contributed by atoms with Gasteiger partial charge in [0.1, 0.15) is 0 Å². The summed E-state index contributed by atoms with van der Waals surface area (Å²) in [7, 11) is 0. The molecule has 1 nitrogen and oxygen atoms in total. The Balaban J connectivity index is 2.18. The lowest BCUT2D eigenvalue weighted by molar-refractivity contribution is -0.110. The van der Waals surface area contributed by atoms with Gasteiger partial charge in [-0.1, -0.05) is 60.6 Å². The molecule has 0 fully saturated rings. The highest BCUT2D eigenvalue weighted by atomic mass is 35.5. The van der Waals surface area contributed by atoms with Crippen molar-refractivity contribution in [3.05, 3.63) is 82.9 Å². The van der Waals surface area contributed by atoms with Gasteiger partial charge in [0.15, 0.2) is 5.78 Å². The topological polar surface area (TPSA) is 17.1 Å². The van der Waals surface area contributed by atoms with Gasteiger partial charge in [-0.3, -0.25) is 4.79 Å². The van der Waals surface area contributed by atoms with E-state index in [-0.39, 0.29) is 5.78 Å². The lowest BCUT2D eigenvalue weighted by Crippen LogP contribution is -1.97. The van der Waals surface area contributed by atoms with Gasteiger partial charge in [-0.2, -0.15) is 0 Å². The molecule has 1 aliphatic carbocycles. The third-order valence-electron chi connectivity index (χ3n) is 3.50. The average Bonchev–Trinajstić information content (AvgIpc) is 2.77. The quantitative estimate of drug-likeness (QED) is 0.724. The summed E-state index contributed by atoms with van der Waals surface area (Å²) in [6.07, 6.45) is 0.602. The first-order valence-corrected chi connectivity index (χ1v) is 6.81. The van der Waals surface area contributed by atoms with Crippen LogP contribution in [0.4, 0.5) is 0 Å². The molecule has 0 atom stereocenters. The van der Waals surface area contributed by atoms with Crippen LogP contribution < -0.4 is 0 Å². The smallest absolute Gasteiger partial charge is 0.189 e. The minimum absolute atomic E-state index is 0.0427. The second-order valence-corrected chi connectivity index (χ2v) is 5.27. The van der Waals surface area contributed by atoms with E-state index in [1.807, 2.05) is 54.6 Å². The van der Waals surface area contributed by atoms with Crippen molar-refractivity contribution in [1.82, 2.24) is 0 Å². The molecule has 0 saturated heterocycles. The summed E-state index contributed by atoms with van der Waals surface area (Å²) in [6, 6.07) is 17.3. The van der Waals surface area contributed by atoms with Crippen LogP contribution in [0.5, 0.6) is 0 Å². The van der Waals surface area contributed by atoms with E-state index in [0.29, 0.717) is 17.0 Å². The Labute approximate surface area is 123 Å². The number of halogens is 1. The summed E-state index contributed by atoms with van der Waals surface area (Å²) >= 11 is 5.93. The Hall–Kier alpha value is -2.12. The molecule has 3 rings (SSSR count). The van der Waals surface area contributed by atoms with E-state index in [9.17, 15) is 4.79 Å². The molecule has 0 radical (unpaired) electrons. The number of hydrogen-bond acceptors (Lipinski definition) is 1. The van der Waals surface area contributed by atoms with Crippen molar-refractivity contribution in [2.75, 3.05) is 0 Å². The number of hydrogen-bond donors (Lipinski definition) is 0. The molecule has 2 aromatic carbocycles. The molecule has 98 valence electrons. The van der Waals surface area contributed by atoms with Crippen molar-refractivity contribution in [3.8, 4) is 0 Å². The van der Waals surface area contributed by atoms with Gasteiger partial charge in [-0.05, 0) is 34.4 Å². The highest BCUT2D eigenvalue weighted by Gasteiger charge is 2.28. The van der Waals surface area contributed by atoms with Crippen LogP contribution in [0.15, 0.2) is 66.7 Å². The Morgan fingerprint density at radius 3 is 2.20 bits per heavy atom. The minimum Gasteiger partial charge on any atom is -0.289 e. The van der Waals surface area contributed by atoms with E-state index >= 15 is 0 Å². The van der Waals surface area contributed by atoms with Crippen LogP contribution in [0, 0.1) is 0 Å². The maximum atomic E-state index is 12.4. The number of rotatable bonds is 2.